The molecule has 3 aliphatic heterocycles. The number of methoxy groups -OCH3 is 2. The topological polar surface area (TPSA) is 112 Å². The van der Waals surface area contributed by atoms with Crippen molar-refractivity contribution >= 4 is 11.8 Å². The molecule has 0 saturated heterocycles. The Morgan fingerprint density at radius 3 is 2.64 bits per heavy atom. The molecule has 0 fully saturated rings. The fraction of sp³-hybridized carbons (Fsp3) is 0.378. The maximum absolute atomic E-state index is 14.0. The summed E-state index contributed by atoms with van der Waals surface area (Å²) in [5.74, 6) is 3.73. The maximum Gasteiger partial charge on any atom is 0.223 e. The molecule has 1 N–H and O–H groups in total. The van der Waals surface area contributed by atoms with E-state index < -0.39 is 6.04 Å². The molecule has 8 bridgehead atoms. The molecule has 246 valence electrons. The van der Waals surface area contributed by atoms with Gasteiger partial charge in [0.25, 0.3) is 0 Å². The molecule has 1 aromatic heterocycles. The molecule has 3 aromatic carbocycles. The second-order valence-corrected chi connectivity index (χ2v) is 12.0. The number of aromatic nitrogens is 1. The van der Waals surface area contributed by atoms with E-state index in [0.29, 0.717) is 87.0 Å². The summed E-state index contributed by atoms with van der Waals surface area (Å²) in [4.78, 5) is 28.5. The number of carbonyl (C=O) groups is 2. The molecule has 0 aliphatic carbocycles. The van der Waals surface area contributed by atoms with Crippen LogP contribution in [0.5, 0.6) is 28.7 Å². The lowest BCUT2D eigenvalue weighted by molar-refractivity contribution is -0.133. The van der Waals surface area contributed by atoms with Crippen LogP contribution in [-0.4, -0.2) is 55.8 Å². The SMILES string of the molecule is COc1ccc2cc1OCCCNC(=O)CCc1cccc(c1)Oc1cc3c(cc1OC)C2N(C(=O)CCc1c(C)noc1C)CC3. The van der Waals surface area contributed by atoms with Gasteiger partial charge in [0.15, 0.2) is 23.0 Å². The van der Waals surface area contributed by atoms with E-state index in [1.54, 1.807) is 14.2 Å². The molecular weight excluding hydrogens is 598 g/mol. The first-order valence-corrected chi connectivity index (χ1v) is 16.1. The quantitative estimate of drug-likeness (QED) is 0.281. The average Bonchev–Trinajstić information content (AvgIpc) is 3.40. The number of fused-ring (bicyclic) bond motifs is 8. The lowest BCUT2D eigenvalue weighted by atomic mass is 9.87. The van der Waals surface area contributed by atoms with E-state index in [-0.39, 0.29) is 11.8 Å². The number of amides is 2. The molecule has 4 heterocycles. The van der Waals surface area contributed by atoms with Crippen LogP contribution in [0, 0.1) is 13.8 Å². The highest BCUT2D eigenvalue weighted by molar-refractivity contribution is 5.78. The molecule has 2 amide bonds. The van der Waals surface area contributed by atoms with Crippen molar-refractivity contribution in [2.75, 3.05) is 33.9 Å². The van der Waals surface area contributed by atoms with E-state index in [9.17, 15) is 9.59 Å². The van der Waals surface area contributed by atoms with Gasteiger partial charge >= 0.3 is 0 Å². The Morgan fingerprint density at radius 2 is 1.85 bits per heavy atom. The van der Waals surface area contributed by atoms with Crippen molar-refractivity contribution in [2.45, 2.75) is 58.4 Å². The van der Waals surface area contributed by atoms with Crippen molar-refractivity contribution < 1.29 is 33.1 Å². The van der Waals surface area contributed by atoms with Crippen LogP contribution in [0.4, 0.5) is 0 Å². The number of carbonyl (C=O) groups excluding carboxylic acids is 2. The molecule has 1 unspecified atom stereocenters. The van der Waals surface area contributed by atoms with E-state index >= 15 is 0 Å². The van der Waals surface area contributed by atoms with Gasteiger partial charge in [-0.05, 0) is 98.2 Å². The summed E-state index contributed by atoms with van der Waals surface area (Å²) in [5, 5.41) is 7.05. The number of aryl methyl sites for hydroxylation is 3. The Bertz CT molecular complexity index is 1750. The molecule has 10 nitrogen and oxygen atoms in total. The highest BCUT2D eigenvalue weighted by Crippen LogP contribution is 2.44. The van der Waals surface area contributed by atoms with Gasteiger partial charge in [-0.15, -0.1) is 0 Å². The minimum Gasteiger partial charge on any atom is -0.493 e. The molecule has 4 aromatic rings. The predicted molar refractivity (Wildman–Crippen MR) is 176 cm³/mol. The smallest absolute Gasteiger partial charge is 0.223 e. The molecule has 0 radical (unpaired) electrons. The fourth-order valence-corrected chi connectivity index (χ4v) is 6.42. The Morgan fingerprint density at radius 1 is 1.00 bits per heavy atom. The van der Waals surface area contributed by atoms with E-state index in [1.807, 2.05) is 73.3 Å². The molecule has 7 rings (SSSR count). The number of hydrogen-bond donors (Lipinski definition) is 1. The van der Waals surface area contributed by atoms with Crippen LogP contribution in [0.3, 0.4) is 0 Å². The van der Waals surface area contributed by atoms with Gasteiger partial charge in [-0.25, -0.2) is 0 Å². The van der Waals surface area contributed by atoms with Crippen LogP contribution in [0.2, 0.25) is 0 Å². The largest absolute Gasteiger partial charge is 0.493 e. The first-order chi connectivity index (χ1) is 22.8. The van der Waals surface area contributed by atoms with Gasteiger partial charge in [0.05, 0.1) is 32.6 Å². The van der Waals surface area contributed by atoms with Crippen LogP contribution in [0.15, 0.2) is 59.1 Å². The van der Waals surface area contributed by atoms with Crippen molar-refractivity contribution in [3.8, 4) is 28.7 Å². The zero-order valence-corrected chi connectivity index (χ0v) is 27.4. The van der Waals surface area contributed by atoms with Gasteiger partial charge in [-0.1, -0.05) is 23.4 Å². The summed E-state index contributed by atoms with van der Waals surface area (Å²) < 4.78 is 29.5. The van der Waals surface area contributed by atoms with Crippen molar-refractivity contribution in [3.05, 3.63) is 93.9 Å². The lowest BCUT2D eigenvalue weighted by Gasteiger charge is -2.38. The highest BCUT2D eigenvalue weighted by atomic mass is 16.5. The van der Waals surface area contributed by atoms with Gasteiger partial charge in [0, 0.05) is 31.5 Å². The molecule has 0 saturated carbocycles. The Labute approximate surface area is 274 Å². The summed E-state index contributed by atoms with van der Waals surface area (Å²) in [7, 11) is 3.22. The third kappa shape index (κ3) is 7.06. The van der Waals surface area contributed by atoms with Gasteiger partial charge in [0.2, 0.25) is 11.8 Å². The number of nitrogens with zero attached hydrogens (tertiary/aromatic N) is 2. The van der Waals surface area contributed by atoms with Crippen LogP contribution in [0.1, 0.15) is 64.6 Å². The monoisotopic (exact) mass is 639 g/mol. The zero-order valence-electron chi connectivity index (χ0n) is 27.4. The fourth-order valence-electron chi connectivity index (χ4n) is 6.42. The van der Waals surface area contributed by atoms with E-state index in [2.05, 4.69) is 10.5 Å². The van der Waals surface area contributed by atoms with Gasteiger partial charge in [-0.3, -0.25) is 9.59 Å². The normalized spacial score (nSPS) is 16.5. The number of hydrogen-bond acceptors (Lipinski definition) is 8. The minimum absolute atomic E-state index is 0.0173. The minimum atomic E-state index is -0.402. The second-order valence-electron chi connectivity index (χ2n) is 12.0. The molecular formula is C37H41N3O7. The third-order valence-electron chi connectivity index (χ3n) is 8.92. The van der Waals surface area contributed by atoms with Crippen LogP contribution < -0.4 is 24.3 Å². The maximum atomic E-state index is 14.0. The Hall–Kier alpha value is -4.99. The van der Waals surface area contributed by atoms with Crippen molar-refractivity contribution in [1.29, 1.82) is 0 Å². The average molecular weight is 640 g/mol. The van der Waals surface area contributed by atoms with Crippen LogP contribution >= 0.6 is 0 Å². The number of nitrogens with one attached hydrogen (secondary N) is 1. The summed E-state index contributed by atoms with van der Waals surface area (Å²) in [6, 6.07) is 17.2. The zero-order chi connectivity index (χ0) is 32.9. The predicted octanol–water partition coefficient (Wildman–Crippen LogP) is 6.04. The first kappa shape index (κ1) is 32.0. The Balaban J connectivity index is 1.41. The third-order valence-corrected chi connectivity index (χ3v) is 8.92. The molecule has 10 heteroatoms. The highest BCUT2D eigenvalue weighted by Gasteiger charge is 2.34. The molecule has 3 aliphatic rings. The van der Waals surface area contributed by atoms with Gasteiger partial charge in [0.1, 0.15) is 11.5 Å². The lowest BCUT2D eigenvalue weighted by Crippen LogP contribution is -2.40. The van der Waals surface area contributed by atoms with E-state index in [0.717, 1.165) is 39.3 Å². The van der Waals surface area contributed by atoms with Crippen molar-refractivity contribution in [2.24, 2.45) is 0 Å². The Kier molecular flexibility index (Phi) is 9.65. The van der Waals surface area contributed by atoms with Crippen molar-refractivity contribution in [3.63, 3.8) is 0 Å². The molecule has 1 atom stereocenters. The molecule has 47 heavy (non-hydrogen) atoms. The van der Waals surface area contributed by atoms with Gasteiger partial charge < -0.3 is 33.7 Å². The van der Waals surface area contributed by atoms with Crippen LogP contribution in [0.25, 0.3) is 0 Å². The first-order valence-electron chi connectivity index (χ1n) is 16.1. The standard InChI is InChI=1S/C37H41N3O7/c1-23-29(24(2)47-39-23)11-14-36(42)40-17-15-26-20-34-32(44-4)22-30(26)37(40)27-10-12-31(43-3)33(21-27)45-18-6-16-38-35(41)13-9-25-7-5-8-28(19-25)46-34/h5,7-8,10,12,19-22,37H,6,9,11,13-18H2,1-4H3,(H,38,41). The van der Waals surface area contributed by atoms with E-state index in [1.165, 1.54) is 0 Å². The van der Waals surface area contributed by atoms with E-state index in [4.69, 9.17) is 23.5 Å². The number of ether oxygens (including phenoxy) is 4. The molecule has 0 spiro atoms. The summed E-state index contributed by atoms with van der Waals surface area (Å²) >= 11 is 0. The van der Waals surface area contributed by atoms with Crippen molar-refractivity contribution in [1.82, 2.24) is 15.4 Å². The van der Waals surface area contributed by atoms with Crippen LogP contribution in [-0.2, 0) is 28.9 Å². The number of rotatable bonds is 5. The van der Waals surface area contributed by atoms with Gasteiger partial charge in [-0.2, -0.15) is 0 Å². The summed E-state index contributed by atoms with van der Waals surface area (Å²) in [6.07, 6.45) is 3.09. The number of benzene rings is 3. The summed E-state index contributed by atoms with van der Waals surface area (Å²) in [6.45, 7) is 5.19. The second kappa shape index (κ2) is 14.2. The summed E-state index contributed by atoms with van der Waals surface area (Å²) in [5.41, 5.74) is 5.70.